The third-order valence-corrected chi connectivity index (χ3v) is 6.71. The normalized spacial score (nSPS) is 12.5. The Morgan fingerprint density at radius 2 is 1.64 bits per heavy atom. The zero-order valence-corrected chi connectivity index (χ0v) is 22.4. The van der Waals surface area contributed by atoms with Crippen LogP contribution in [0.15, 0.2) is 48.5 Å². The molecule has 0 unspecified atom stereocenters. The molecular formula is C28H30Cl2FNO4. The highest BCUT2D eigenvalue weighted by molar-refractivity contribution is 6.31. The largest absolute Gasteiger partial charge is 1.00 e. The number of para-hydroxylation sites is 1. The van der Waals surface area contributed by atoms with Gasteiger partial charge in [0.1, 0.15) is 19.0 Å². The number of nitrogens with zero attached hydrogens (tertiary/aromatic N) is 1. The summed E-state index contributed by atoms with van der Waals surface area (Å²) in [5, 5.41) is 0.333. The Balaban J connectivity index is 0.00000361. The summed E-state index contributed by atoms with van der Waals surface area (Å²) in [6, 6.07) is 14.5. The van der Waals surface area contributed by atoms with Crippen LogP contribution in [0.4, 0.5) is 4.39 Å². The summed E-state index contributed by atoms with van der Waals surface area (Å²) in [5.74, 6) is 2.24. The van der Waals surface area contributed by atoms with Crippen LogP contribution in [0.2, 0.25) is 5.02 Å². The van der Waals surface area contributed by atoms with E-state index in [4.69, 9.17) is 30.5 Å². The van der Waals surface area contributed by atoms with Gasteiger partial charge in [-0.1, -0.05) is 30.7 Å². The molecule has 5 nitrogen and oxygen atoms in total. The molecule has 0 aromatic heterocycles. The summed E-state index contributed by atoms with van der Waals surface area (Å²) in [6.45, 7) is 3.62. The number of methoxy groups -OCH3 is 3. The van der Waals surface area contributed by atoms with E-state index < -0.39 is 5.82 Å². The second kappa shape index (κ2) is 12.3. The topological polar surface area (TPSA) is 39.9 Å². The molecule has 0 amide bonds. The number of hydrogen-bond acceptors (Lipinski definition) is 4. The van der Waals surface area contributed by atoms with Gasteiger partial charge >= 0.3 is 0 Å². The molecule has 0 aliphatic carbocycles. The maximum absolute atomic E-state index is 14.3. The summed E-state index contributed by atoms with van der Waals surface area (Å²) in [4.78, 5) is 0. The molecule has 192 valence electrons. The average molecular weight is 534 g/mol. The van der Waals surface area contributed by atoms with E-state index >= 15 is 0 Å². The number of hydrogen-bond donors (Lipinski definition) is 0. The van der Waals surface area contributed by atoms with Gasteiger partial charge in [-0.2, -0.15) is 0 Å². The minimum atomic E-state index is -0.396. The molecule has 1 heterocycles. The van der Waals surface area contributed by atoms with E-state index in [9.17, 15) is 4.39 Å². The Morgan fingerprint density at radius 1 is 0.944 bits per heavy atom. The summed E-state index contributed by atoms with van der Waals surface area (Å²) in [6.07, 6.45) is 1.73. The Kier molecular flexibility index (Phi) is 9.46. The molecule has 8 heteroatoms. The lowest BCUT2D eigenvalue weighted by Gasteiger charge is -2.21. The van der Waals surface area contributed by atoms with Gasteiger partial charge in [0.2, 0.25) is 0 Å². The van der Waals surface area contributed by atoms with E-state index in [2.05, 4.69) is 23.6 Å². The van der Waals surface area contributed by atoms with Gasteiger partial charge in [0.15, 0.2) is 35.3 Å². The zero-order chi connectivity index (χ0) is 24.9. The Bertz CT molecular complexity index is 1240. The highest BCUT2D eigenvalue weighted by atomic mass is 35.5. The Morgan fingerprint density at radius 3 is 2.31 bits per heavy atom. The second-order valence-corrected chi connectivity index (χ2v) is 8.68. The molecule has 0 radical (unpaired) electrons. The van der Waals surface area contributed by atoms with Crippen molar-refractivity contribution in [2.24, 2.45) is 0 Å². The van der Waals surface area contributed by atoms with Crippen molar-refractivity contribution in [2.75, 3.05) is 27.9 Å². The molecule has 4 rings (SSSR count). The fourth-order valence-electron chi connectivity index (χ4n) is 4.58. The minimum Gasteiger partial charge on any atom is -1.00 e. The first kappa shape index (κ1) is 27.6. The average Bonchev–Trinajstić information content (AvgIpc) is 2.87. The van der Waals surface area contributed by atoms with Crippen LogP contribution in [-0.2, 0) is 19.6 Å². The van der Waals surface area contributed by atoms with E-state index in [1.807, 2.05) is 18.2 Å². The number of halogens is 3. The van der Waals surface area contributed by atoms with Gasteiger partial charge in [0, 0.05) is 24.0 Å². The third-order valence-electron chi connectivity index (χ3n) is 6.35. The van der Waals surface area contributed by atoms with Gasteiger partial charge in [-0.25, -0.2) is 8.97 Å². The van der Waals surface area contributed by atoms with Crippen LogP contribution >= 0.6 is 11.6 Å². The summed E-state index contributed by atoms with van der Waals surface area (Å²) in [5.41, 5.74) is 4.90. The summed E-state index contributed by atoms with van der Waals surface area (Å²) in [7, 11) is 4.91. The standard InChI is InChI=1S/C28H30ClFNO4.ClH/c1-5-24-20-15-27(34-4)26(33-3)14-18(20)12-13-31(24)16-19-8-6-11-25(32-2)28(19)35-17-21-22(29)9-7-10-23(21)30;/h6-11,14-15H,5,12-13,16-17H2,1-4H3;1H/q+1;/p-1. The van der Waals surface area contributed by atoms with Crippen LogP contribution in [-0.4, -0.2) is 38.2 Å². The smallest absolute Gasteiger partial charge is 0.183 e. The molecule has 1 aliphatic rings. The molecule has 3 aromatic rings. The predicted octanol–water partition coefficient (Wildman–Crippen LogP) is 3.06. The number of rotatable bonds is 9. The van der Waals surface area contributed by atoms with E-state index in [1.165, 1.54) is 22.9 Å². The van der Waals surface area contributed by atoms with Crippen molar-refractivity contribution in [1.29, 1.82) is 0 Å². The van der Waals surface area contributed by atoms with Crippen molar-refractivity contribution in [3.8, 4) is 23.0 Å². The maximum atomic E-state index is 14.3. The number of benzene rings is 3. The van der Waals surface area contributed by atoms with Crippen LogP contribution < -0.4 is 31.4 Å². The van der Waals surface area contributed by atoms with Crippen molar-refractivity contribution >= 4 is 17.3 Å². The van der Waals surface area contributed by atoms with Crippen LogP contribution in [0, 0.1) is 5.82 Å². The van der Waals surface area contributed by atoms with E-state index in [1.54, 1.807) is 33.5 Å². The Labute approximate surface area is 222 Å². The highest BCUT2D eigenvalue weighted by Gasteiger charge is 2.28. The predicted molar refractivity (Wildman–Crippen MR) is 135 cm³/mol. The second-order valence-electron chi connectivity index (χ2n) is 8.27. The van der Waals surface area contributed by atoms with Gasteiger partial charge in [0.05, 0.1) is 31.9 Å². The molecule has 0 saturated heterocycles. The summed E-state index contributed by atoms with van der Waals surface area (Å²) >= 11 is 6.21. The molecule has 36 heavy (non-hydrogen) atoms. The molecule has 0 spiro atoms. The van der Waals surface area contributed by atoms with Crippen molar-refractivity contribution in [1.82, 2.24) is 0 Å². The van der Waals surface area contributed by atoms with Crippen LogP contribution in [0.5, 0.6) is 23.0 Å². The molecule has 0 atom stereocenters. The van der Waals surface area contributed by atoms with Gasteiger partial charge in [-0.15, -0.1) is 0 Å². The molecule has 0 saturated carbocycles. The molecule has 3 aromatic carbocycles. The van der Waals surface area contributed by atoms with Gasteiger partial charge in [0.25, 0.3) is 0 Å². The van der Waals surface area contributed by atoms with Crippen molar-refractivity contribution < 1.29 is 40.3 Å². The molecular weight excluding hydrogens is 504 g/mol. The van der Waals surface area contributed by atoms with Crippen molar-refractivity contribution in [3.63, 3.8) is 0 Å². The first-order valence-corrected chi connectivity index (χ1v) is 12.0. The van der Waals surface area contributed by atoms with Crippen LogP contribution in [0.3, 0.4) is 0 Å². The fourth-order valence-corrected chi connectivity index (χ4v) is 4.79. The molecule has 0 N–H and O–H groups in total. The molecule has 0 fully saturated rings. The van der Waals surface area contributed by atoms with Crippen molar-refractivity contribution in [3.05, 3.63) is 81.6 Å². The van der Waals surface area contributed by atoms with Gasteiger partial charge in [-0.3, -0.25) is 0 Å². The van der Waals surface area contributed by atoms with E-state index in [0.29, 0.717) is 34.4 Å². The van der Waals surface area contributed by atoms with Gasteiger partial charge in [-0.05, 0) is 42.0 Å². The minimum absolute atomic E-state index is 0. The SMILES string of the molecule is CCC1=[N+](Cc2cccc(OC)c2OCc2c(F)cccc2Cl)CCc2cc(OC)c(OC)cc21.[Cl-]. The first-order chi connectivity index (χ1) is 17.0. The quantitative estimate of drug-likeness (QED) is 0.396. The number of ether oxygens (including phenoxy) is 4. The molecule has 1 aliphatic heterocycles. The van der Waals surface area contributed by atoms with Crippen LogP contribution in [0.25, 0.3) is 0 Å². The fraction of sp³-hybridized carbons (Fsp3) is 0.321. The monoisotopic (exact) mass is 533 g/mol. The van der Waals surface area contributed by atoms with Gasteiger partial charge < -0.3 is 31.4 Å². The number of fused-ring (bicyclic) bond motifs is 1. The molecule has 0 bridgehead atoms. The summed E-state index contributed by atoms with van der Waals surface area (Å²) < 4.78 is 39.5. The zero-order valence-electron chi connectivity index (χ0n) is 20.9. The first-order valence-electron chi connectivity index (χ1n) is 11.6. The lowest BCUT2D eigenvalue weighted by molar-refractivity contribution is -0.545. The van der Waals surface area contributed by atoms with E-state index in [-0.39, 0.29) is 19.0 Å². The maximum Gasteiger partial charge on any atom is 0.183 e. The lowest BCUT2D eigenvalue weighted by atomic mass is 9.94. The Hall–Kier alpha value is -2.96. The van der Waals surface area contributed by atoms with E-state index in [0.717, 1.165) is 30.7 Å². The highest BCUT2D eigenvalue weighted by Crippen LogP contribution is 2.36. The third kappa shape index (κ3) is 5.55. The van der Waals surface area contributed by atoms with Crippen molar-refractivity contribution in [2.45, 2.75) is 32.9 Å². The lowest BCUT2D eigenvalue weighted by Crippen LogP contribution is -3.00. The van der Waals surface area contributed by atoms with Crippen LogP contribution in [0.1, 0.15) is 35.6 Å².